The summed E-state index contributed by atoms with van der Waals surface area (Å²) in [4.78, 5) is 12.7. The van der Waals surface area contributed by atoms with E-state index in [2.05, 4.69) is 47.6 Å². The first-order chi connectivity index (χ1) is 17.6. The molecule has 4 aliphatic rings. The molecule has 0 heterocycles. The van der Waals surface area contributed by atoms with Gasteiger partial charge >= 0.3 is 5.97 Å². The highest BCUT2D eigenvalue weighted by molar-refractivity contribution is 5.89. The molecule has 0 saturated heterocycles. The van der Waals surface area contributed by atoms with Crippen molar-refractivity contribution >= 4 is 5.97 Å². The molecular weight excluding hydrogens is 452 g/mol. The van der Waals surface area contributed by atoms with Crippen LogP contribution in [0.5, 0.6) is 0 Å². The number of allylic oxidation sites excluding steroid dienone is 1. The number of esters is 1. The fourth-order valence-corrected chi connectivity index (χ4v) is 9.56. The van der Waals surface area contributed by atoms with E-state index < -0.39 is 0 Å². The van der Waals surface area contributed by atoms with Crippen molar-refractivity contribution in [3.8, 4) is 0 Å². The van der Waals surface area contributed by atoms with Gasteiger partial charge < -0.3 is 4.74 Å². The summed E-state index contributed by atoms with van der Waals surface area (Å²) in [5.74, 6) is 5.80. The number of carbonyl (C=O) groups is 1. The van der Waals surface area contributed by atoms with E-state index in [4.69, 9.17) is 4.74 Å². The maximum absolute atomic E-state index is 12.7. The molecule has 0 aromatic heterocycles. The van der Waals surface area contributed by atoms with Gasteiger partial charge in [0.05, 0.1) is 5.56 Å². The van der Waals surface area contributed by atoms with Gasteiger partial charge in [0.1, 0.15) is 6.10 Å². The number of fused-ring (bicyclic) bond motifs is 5. The summed E-state index contributed by atoms with van der Waals surface area (Å²) in [5, 5.41) is 0. The maximum Gasteiger partial charge on any atom is 0.338 e. The van der Waals surface area contributed by atoms with E-state index in [0.29, 0.717) is 16.4 Å². The van der Waals surface area contributed by atoms with Crippen molar-refractivity contribution in [1.82, 2.24) is 0 Å². The van der Waals surface area contributed by atoms with Crippen LogP contribution in [0.15, 0.2) is 42.0 Å². The fourth-order valence-electron chi connectivity index (χ4n) is 9.56. The van der Waals surface area contributed by atoms with E-state index in [0.717, 1.165) is 54.3 Å². The topological polar surface area (TPSA) is 26.3 Å². The van der Waals surface area contributed by atoms with Gasteiger partial charge in [0.2, 0.25) is 0 Å². The van der Waals surface area contributed by atoms with Crippen LogP contribution in [0.3, 0.4) is 0 Å². The van der Waals surface area contributed by atoms with Gasteiger partial charge in [0.15, 0.2) is 0 Å². The van der Waals surface area contributed by atoms with Gasteiger partial charge in [-0.1, -0.05) is 84.2 Å². The van der Waals surface area contributed by atoms with Crippen LogP contribution in [-0.2, 0) is 4.74 Å². The van der Waals surface area contributed by atoms with Crippen molar-refractivity contribution < 1.29 is 9.53 Å². The van der Waals surface area contributed by atoms with Crippen molar-refractivity contribution in [1.29, 1.82) is 0 Å². The lowest BCUT2D eigenvalue weighted by Gasteiger charge is -2.58. The second-order valence-corrected chi connectivity index (χ2v) is 14.4. The molecule has 0 unspecified atom stereocenters. The highest BCUT2D eigenvalue weighted by Crippen LogP contribution is 2.67. The van der Waals surface area contributed by atoms with E-state index in [1.54, 1.807) is 5.57 Å². The molecule has 0 amide bonds. The lowest BCUT2D eigenvalue weighted by atomic mass is 9.47. The third-order valence-corrected chi connectivity index (χ3v) is 12.3. The molecular formula is C35H52O2. The minimum absolute atomic E-state index is 0.0300. The minimum atomic E-state index is -0.161. The van der Waals surface area contributed by atoms with Crippen LogP contribution in [0, 0.1) is 52.3 Å². The summed E-state index contributed by atoms with van der Waals surface area (Å²) in [6, 6.07) is 9.49. The Bertz CT molecular complexity index is 978. The summed E-state index contributed by atoms with van der Waals surface area (Å²) in [5.41, 5.74) is 3.10. The Morgan fingerprint density at radius 2 is 1.70 bits per heavy atom. The molecule has 9 atom stereocenters. The number of hydrogen-bond donors (Lipinski definition) is 0. The van der Waals surface area contributed by atoms with Crippen molar-refractivity contribution in [3.63, 3.8) is 0 Å². The standard InChI is InChI=1S/C35H52O2/c1-23(2)24(3)12-13-25(4)30-16-17-31-29-15-14-27-22-28(37-33(36)26-10-8-7-9-11-26)18-20-34(27,5)32(29)19-21-35(30,31)6/h7-11,14,23-25,28-32H,12-13,15-22H2,1-6H3/t24-,25+,28-,29+,30-,31+,32+,34-,35+/m0/s1. The molecule has 1 aromatic rings. The lowest BCUT2D eigenvalue weighted by molar-refractivity contribution is -0.0596. The zero-order chi connectivity index (χ0) is 26.4. The molecule has 0 N–H and O–H groups in total. The number of benzene rings is 1. The molecule has 2 nitrogen and oxygen atoms in total. The Kier molecular flexibility index (Phi) is 7.69. The van der Waals surface area contributed by atoms with E-state index in [-0.39, 0.29) is 12.1 Å². The third kappa shape index (κ3) is 4.96. The second-order valence-electron chi connectivity index (χ2n) is 14.4. The first-order valence-corrected chi connectivity index (χ1v) is 15.6. The third-order valence-electron chi connectivity index (χ3n) is 12.3. The predicted octanol–water partition coefficient (Wildman–Crippen LogP) is 9.50. The molecule has 1 aromatic carbocycles. The maximum atomic E-state index is 12.7. The molecule has 204 valence electrons. The monoisotopic (exact) mass is 504 g/mol. The molecule has 2 heteroatoms. The Morgan fingerprint density at radius 3 is 2.43 bits per heavy atom. The smallest absolute Gasteiger partial charge is 0.338 e. The normalized spacial score (nSPS) is 38.7. The summed E-state index contributed by atoms with van der Waals surface area (Å²) in [6.45, 7) is 15.1. The Labute approximate surface area is 227 Å². The lowest BCUT2D eigenvalue weighted by Crippen LogP contribution is -2.51. The average molecular weight is 505 g/mol. The van der Waals surface area contributed by atoms with Crippen LogP contribution in [0.25, 0.3) is 0 Å². The number of carbonyl (C=O) groups excluding carboxylic acids is 1. The van der Waals surface area contributed by atoms with Gasteiger partial charge in [-0.2, -0.15) is 0 Å². The van der Waals surface area contributed by atoms with Gasteiger partial charge in [-0.15, -0.1) is 0 Å². The SMILES string of the molecule is CC(C)[C@@H](C)CC[C@@H](C)[C@@H]1CC[C@@H]2[C@H]3CC=C4C[C@@H](OC(=O)c5ccccc5)CC[C@]4(C)[C@@H]3CC[C@@]21C. The first-order valence-electron chi connectivity index (χ1n) is 15.6. The molecule has 4 aliphatic carbocycles. The molecule has 0 bridgehead atoms. The number of hydrogen-bond acceptors (Lipinski definition) is 2. The quantitative estimate of drug-likeness (QED) is 0.273. The van der Waals surface area contributed by atoms with E-state index in [1.807, 2.05) is 30.3 Å². The van der Waals surface area contributed by atoms with Crippen LogP contribution in [0.1, 0.15) is 116 Å². The van der Waals surface area contributed by atoms with E-state index >= 15 is 0 Å². The average Bonchev–Trinajstić information content (AvgIpc) is 3.25. The van der Waals surface area contributed by atoms with Crippen LogP contribution in [-0.4, -0.2) is 12.1 Å². The number of ether oxygens (including phenoxy) is 1. The second kappa shape index (κ2) is 10.5. The summed E-state index contributed by atoms with van der Waals surface area (Å²) < 4.78 is 6.01. The molecule has 3 fully saturated rings. The van der Waals surface area contributed by atoms with Crippen molar-refractivity contribution in [2.24, 2.45) is 52.3 Å². The van der Waals surface area contributed by atoms with Crippen molar-refractivity contribution in [2.75, 3.05) is 0 Å². The molecule has 5 rings (SSSR count). The van der Waals surface area contributed by atoms with Crippen LogP contribution < -0.4 is 0 Å². The summed E-state index contributed by atoms with van der Waals surface area (Å²) in [7, 11) is 0. The van der Waals surface area contributed by atoms with Crippen molar-refractivity contribution in [2.45, 2.75) is 112 Å². The minimum Gasteiger partial charge on any atom is -0.458 e. The zero-order valence-electron chi connectivity index (χ0n) is 24.5. The molecule has 0 aliphatic heterocycles. The van der Waals surface area contributed by atoms with Crippen molar-refractivity contribution in [3.05, 3.63) is 47.5 Å². The first kappa shape index (κ1) is 27.0. The van der Waals surface area contributed by atoms with Gasteiger partial charge in [-0.25, -0.2) is 4.79 Å². The molecule has 3 saturated carbocycles. The van der Waals surface area contributed by atoms with Crippen LogP contribution in [0.4, 0.5) is 0 Å². The largest absolute Gasteiger partial charge is 0.458 e. The zero-order valence-corrected chi connectivity index (χ0v) is 24.5. The Balaban J connectivity index is 1.25. The van der Waals surface area contributed by atoms with Crippen LogP contribution >= 0.6 is 0 Å². The van der Waals surface area contributed by atoms with E-state index in [1.165, 1.54) is 51.4 Å². The highest BCUT2D eigenvalue weighted by atomic mass is 16.5. The highest BCUT2D eigenvalue weighted by Gasteiger charge is 2.59. The number of rotatable bonds is 7. The Morgan fingerprint density at radius 1 is 0.946 bits per heavy atom. The van der Waals surface area contributed by atoms with Gasteiger partial charge in [0.25, 0.3) is 0 Å². The fraction of sp³-hybridized carbons (Fsp3) is 0.743. The summed E-state index contributed by atoms with van der Waals surface area (Å²) >= 11 is 0. The molecule has 37 heavy (non-hydrogen) atoms. The van der Waals surface area contributed by atoms with Gasteiger partial charge in [-0.3, -0.25) is 0 Å². The molecule has 0 radical (unpaired) electrons. The summed E-state index contributed by atoms with van der Waals surface area (Å²) in [6.07, 6.45) is 15.5. The van der Waals surface area contributed by atoms with Gasteiger partial charge in [0, 0.05) is 6.42 Å². The van der Waals surface area contributed by atoms with Gasteiger partial charge in [-0.05, 0) is 109 Å². The predicted molar refractivity (Wildman–Crippen MR) is 153 cm³/mol. The Hall–Kier alpha value is -1.57. The van der Waals surface area contributed by atoms with E-state index in [9.17, 15) is 4.79 Å². The van der Waals surface area contributed by atoms with Crippen LogP contribution in [0.2, 0.25) is 0 Å². The molecule has 0 spiro atoms.